The molecule has 134 valence electrons. The maximum absolute atomic E-state index is 12.9. The highest BCUT2D eigenvalue weighted by Crippen LogP contribution is 2.28. The summed E-state index contributed by atoms with van der Waals surface area (Å²) in [5.74, 6) is 1.19. The zero-order chi connectivity index (χ0) is 18.5. The Balaban J connectivity index is 1.80. The first-order chi connectivity index (χ1) is 12.7. The fourth-order valence-corrected chi connectivity index (χ4v) is 3.81. The quantitative estimate of drug-likeness (QED) is 0.467. The smallest absolute Gasteiger partial charge is 0.237 e. The molecule has 5 nitrogen and oxygen atoms in total. The van der Waals surface area contributed by atoms with Crippen molar-refractivity contribution in [2.45, 2.75) is 25.5 Å². The van der Waals surface area contributed by atoms with E-state index in [1.165, 1.54) is 11.8 Å². The van der Waals surface area contributed by atoms with E-state index in [1.807, 2.05) is 47.6 Å². The van der Waals surface area contributed by atoms with Crippen LogP contribution in [0.4, 0.5) is 5.69 Å². The van der Waals surface area contributed by atoms with Gasteiger partial charge in [0.05, 0.1) is 11.4 Å². The van der Waals surface area contributed by atoms with Gasteiger partial charge in [0.25, 0.3) is 0 Å². The zero-order valence-corrected chi connectivity index (χ0v) is 15.9. The molecule has 0 unspecified atom stereocenters. The Labute approximate surface area is 157 Å². The second kappa shape index (κ2) is 8.19. The van der Waals surface area contributed by atoms with E-state index in [1.54, 1.807) is 6.08 Å². The number of rotatable bonds is 7. The third kappa shape index (κ3) is 3.65. The van der Waals surface area contributed by atoms with Gasteiger partial charge in [0.1, 0.15) is 5.82 Å². The molecule has 0 N–H and O–H groups in total. The van der Waals surface area contributed by atoms with Crippen LogP contribution in [0.5, 0.6) is 0 Å². The molecule has 2 aromatic carbocycles. The Morgan fingerprint density at radius 3 is 2.77 bits per heavy atom. The summed E-state index contributed by atoms with van der Waals surface area (Å²) in [5.41, 5.74) is 0.944. The molecular weight excluding hydrogens is 344 g/mol. The number of thioether (sulfide) groups is 1. The highest BCUT2D eigenvalue weighted by atomic mass is 32.2. The Bertz CT molecular complexity index is 929. The third-order valence-corrected chi connectivity index (χ3v) is 5.16. The fraction of sp³-hybridized carbons (Fsp3) is 0.250. The Hall–Kier alpha value is -2.60. The predicted octanol–water partition coefficient (Wildman–Crippen LogP) is 4.07. The number of hydrogen-bond donors (Lipinski definition) is 0. The summed E-state index contributed by atoms with van der Waals surface area (Å²) in [6.07, 6.45) is 1.80. The maximum Gasteiger partial charge on any atom is 0.237 e. The van der Waals surface area contributed by atoms with E-state index in [9.17, 15) is 4.79 Å². The summed E-state index contributed by atoms with van der Waals surface area (Å²) in [6.45, 7) is 8.91. The molecule has 0 saturated heterocycles. The van der Waals surface area contributed by atoms with Crippen molar-refractivity contribution in [3.63, 3.8) is 0 Å². The standard InChI is InChI=1S/C20H22N4OS/c1-4-13-24-15(3)21-22-20(24)26-14-19(25)23(5-2)18-12-8-10-16-9-6-7-11-17(16)18/h4,6-12H,1,5,13-14H2,2-3H3. The monoisotopic (exact) mass is 366 g/mol. The van der Waals surface area contributed by atoms with Crippen molar-refractivity contribution in [3.8, 4) is 0 Å². The normalized spacial score (nSPS) is 10.8. The van der Waals surface area contributed by atoms with Crippen LogP contribution in [0.1, 0.15) is 12.7 Å². The van der Waals surface area contributed by atoms with Gasteiger partial charge < -0.3 is 9.47 Å². The van der Waals surface area contributed by atoms with Gasteiger partial charge in [0.2, 0.25) is 5.91 Å². The highest BCUT2D eigenvalue weighted by molar-refractivity contribution is 7.99. The van der Waals surface area contributed by atoms with E-state index in [0.717, 1.165) is 27.4 Å². The predicted molar refractivity (Wildman–Crippen MR) is 108 cm³/mol. The molecular formula is C20H22N4OS. The molecule has 0 atom stereocenters. The second-order valence-electron chi connectivity index (χ2n) is 5.85. The van der Waals surface area contributed by atoms with Crippen molar-refractivity contribution in [2.24, 2.45) is 0 Å². The average molecular weight is 366 g/mol. The third-order valence-electron chi connectivity index (χ3n) is 4.21. The van der Waals surface area contributed by atoms with Crippen LogP contribution in [-0.4, -0.2) is 33.0 Å². The molecule has 3 rings (SSSR count). The Morgan fingerprint density at radius 2 is 2.00 bits per heavy atom. The second-order valence-corrected chi connectivity index (χ2v) is 6.80. The molecule has 1 amide bonds. The van der Waals surface area contributed by atoms with Crippen molar-refractivity contribution >= 4 is 34.1 Å². The molecule has 1 aromatic heterocycles. The summed E-state index contributed by atoms with van der Waals surface area (Å²) >= 11 is 1.41. The number of anilines is 1. The minimum absolute atomic E-state index is 0.0552. The number of aryl methyl sites for hydroxylation is 1. The minimum Gasteiger partial charge on any atom is -0.311 e. The number of amides is 1. The van der Waals surface area contributed by atoms with Crippen molar-refractivity contribution in [2.75, 3.05) is 17.2 Å². The molecule has 26 heavy (non-hydrogen) atoms. The number of benzene rings is 2. The maximum atomic E-state index is 12.9. The largest absolute Gasteiger partial charge is 0.311 e. The minimum atomic E-state index is 0.0552. The zero-order valence-electron chi connectivity index (χ0n) is 15.1. The van der Waals surface area contributed by atoms with E-state index in [-0.39, 0.29) is 5.91 Å². The Morgan fingerprint density at radius 1 is 1.23 bits per heavy atom. The van der Waals surface area contributed by atoms with Crippen molar-refractivity contribution in [3.05, 3.63) is 60.9 Å². The lowest BCUT2D eigenvalue weighted by Gasteiger charge is -2.22. The SMILES string of the molecule is C=CCn1c(C)nnc1SCC(=O)N(CC)c1cccc2ccccc12. The van der Waals surface area contributed by atoms with Crippen LogP contribution in [0.3, 0.4) is 0 Å². The molecule has 0 saturated carbocycles. The lowest BCUT2D eigenvalue weighted by Crippen LogP contribution is -2.32. The van der Waals surface area contributed by atoms with Gasteiger partial charge in [-0.15, -0.1) is 16.8 Å². The average Bonchev–Trinajstić information content (AvgIpc) is 3.01. The van der Waals surface area contributed by atoms with E-state index >= 15 is 0 Å². The first kappa shape index (κ1) is 18.2. The number of carbonyl (C=O) groups excluding carboxylic acids is 1. The summed E-state index contributed by atoms with van der Waals surface area (Å²) in [5, 5.41) is 11.2. The van der Waals surface area contributed by atoms with Crippen LogP contribution in [-0.2, 0) is 11.3 Å². The summed E-state index contributed by atoms with van der Waals surface area (Å²) in [7, 11) is 0. The number of allylic oxidation sites excluding steroid dienone is 1. The fourth-order valence-electron chi connectivity index (χ4n) is 2.94. The van der Waals surface area contributed by atoms with Crippen molar-refractivity contribution < 1.29 is 4.79 Å². The van der Waals surface area contributed by atoms with E-state index < -0.39 is 0 Å². The van der Waals surface area contributed by atoms with E-state index in [2.05, 4.69) is 35.0 Å². The lowest BCUT2D eigenvalue weighted by molar-refractivity contribution is -0.116. The lowest BCUT2D eigenvalue weighted by atomic mass is 10.1. The number of aromatic nitrogens is 3. The van der Waals surface area contributed by atoms with Crippen LogP contribution >= 0.6 is 11.8 Å². The summed E-state index contributed by atoms with van der Waals surface area (Å²) in [6, 6.07) is 14.2. The molecule has 0 fully saturated rings. The van der Waals surface area contributed by atoms with Crippen LogP contribution in [0.15, 0.2) is 60.3 Å². The molecule has 0 spiro atoms. The molecule has 0 aliphatic heterocycles. The first-order valence-electron chi connectivity index (χ1n) is 8.57. The number of hydrogen-bond acceptors (Lipinski definition) is 4. The molecule has 0 bridgehead atoms. The van der Waals surface area contributed by atoms with Crippen LogP contribution in [0.2, 0.25) is 0 Å². The van der Waals surface area contributed by atoms with Gasteiger partial charge in [-0.3, -0.25) is 4.79 Å². The van der Waals surface area contributed by atoms with Gasteiger partial charge in [0.15, 0.2) is 5.16 Å². The van der Waals surface area contributed by atoms with Gasteiger partial charge in [-0.1, -0.05) is 54.2 Å². The van der Waals surface area contributed by atoms with Crippen molar-refractivity contribution in [1.82, 2.24) is 14.8 Å². The van der Waals surface area contributed by atoms with Gasteiger partial charge >= 0.3 is 0 Å². The van der Waals surface area contributed by atoms with Crippen LogP contribution in [0.25, 0.3) is 10.8 Å². The molecule has 3 aromatic rings. The van der Waals surface area contributed by atoms with Crippen LogP contribution < -0.4 is 4.90 Å². The van der Waals surface area contributed by atoms with E-state index in [4.69, 9.17) is 0 Å². The van der Waals surface area contributed by atoms with Crippen molar-refractivity contribution in [1.29, 1.82) is 0 Å². The topological polar surface area (TPSA) is 51.0 Å². The summed E-state index contributed by atoms with van der Waals surface area (Å²) < 4.78 is 1.96. The molecule has 1 heterocycles. The molecule has 0 aliphatic carbocycles. The number of fused-ring (bicyclic) bond motifs is 1. The van der Waals surface area contributed by atoms with Gasteiger partial charge in [-0.25, -0.2) is 0 Å². The first-order valence-corrected chi connectivity index (χ1v) is 9.56. The summed E-state index contributed by atoms with van der Waals surface area (Å²) in [4.78, 5) is 14.7. The van der Waals surface area contributed by atoms with Gasteiger partial charge in [0, 0.05) is 18.5 Å². The van der Waals surface area contributed by atoms with Gasteiger partial charge in [-0.05, 0) is 25.3 Å². The van der Waals surface area contributed by atoms with Crippen LogP contribution in [0, 0.1) is 6.92 Å². The number of nitrogens with zero attached hydrogens (tertiary/aromatic N) is 4. The molecule has 0 aliphatic rings. The number of carbonyl (C=O) groups is 1. The Kier molecular flexibility index (Phi) is 5.73. The van der Waals surface area contributed by atoms with Gasteiger partial charge in [-0.2, -0.15) is 0 Å². The molecule has 0 radical (unpaired) electrons. The molecule has 6 heteroatoms. The highest BCUT2D eigenvalue weighted by Gasteiger charge is 2.18. The van der Waals surface area contributed by atoms with E-state index in [0.29, 0.717) is 18.8 Å².